The summed E-state index contributed by atoms with van der Waals surface area (Å²) in [6.07, 6.45) is 0. The minimum Gasteiger partial charge on any atom is -0.358 e. The highest BCUT2D eigenvalue weighted by Gasteiger charge is 2.16. The monoisotopic (exact) mass is 352 g/mol. The maximum atomic E-state index is 13.5. The van der Waals surface area contributed by atoms with Crippen molar-refractivity contribution < 1.29 is 9.18 Å². The first-order chi connectivity index (χ1) is 12.5. The van der Waals surface area contributed by atoms with Crippen molar-refractivity contribution >= 4 is 27.8 Å². The molecule has 3 N–H and O–H groups in total. The molecule has 1 amide bonds. The summed E-state index contributed by atoms with van der Waals surface area (Å²) >= 11 is 0. The number of carbonyl (C=O) groups excluding carboxylic acids is 1. The van der Waals surface area contributed by atoms with E-state index in [0.29, 0.717) is 28.7 Å². The smallest absolute Gasteiger partial charge is 0.326 e. The fourth-order valence-electron chi connectivity index (χ4n) is 3.29. The fraction of sp³-hybridized carbons (Fsp3) is 0.158. The first-order valence-corrected chi connectivity index (χ1v) is 8.28. The van der Waals surface area contributed by atoms with Crippen LogP contribution < -0.4 is 11.0 Å². The van der Waals surface area contributed by atoms with Crippen molar-refractivity contribution in [3.63, 3.8) is 0 Å². The van der Waals surface area contributed by atoms with E-state index in [4.69, 9.17) is 0 Å². The van der Waals surface area contributed by atoms with Gasteiger partial charge in [-0.3, -0.25) is 9.36 Å². The number of rotatable bonds is 4. The number of halogens is 1. The van der Waals surface area contributed by atoms with Crippen LogP contribution in [0, 0.1) is 12.7 Å². The molecule has 0 atom stereocenters. The first-order valence-electron chi connectivity index (χ1n) is 8.28. The molecule has 7 heteroatoms. The van der Waals surface area contributed by atoms with E-state index in [1.54, 1.807) is 17.6 Å². The Labute approximate surface area is 147 Å². The molecule has 132 valence electrons. The number of amides is 1. The maximum absolute atomic E-state index is 13.5. The Morgan fingerprint density at radius 2 is 1.96 bits per heavy atom. The van der Waals surface area contributed by atoms with Gasteiger partial charge >= 0.3 is 5.69 Å². The van der Waals surface area contributed by atoms with E-state index in [2.05, 4.69) is 15.3 Å². The number of aryl methyl sites for hydroxylation is 1. The lowest BCUT2D eigenvalue weighted by Crippen LogP contribution is -2.30. The van der Waals surface area contributed by atoms with Crippen molar-refractivity contribution in [2.75, 3.05) is 6.54 Å². The Morgan fingerprint density at radius 3 is 2.81 bits per heavy atom. The number of benzene rings is 2. The molecule has 0 bridgehead atoms. The van der Waals surface area contributed by atoms with Crippen LogP contribution in [0.4, 0.5) is 4.39 Å². The van der Waals surface area contributed by atoms with E-state index in [1.165, 1.54) is 12.1 Å². The van der Waals surface area contributed by atoms with Crippen LogP contribution in [0.25, 0.3) is 21.9 Å². The van der Waals surface area contributed by atoms with Gasteiger partial charge < -0.3 is 15.3 Å². The second-order valence-electron chi connectivity index (χ2n) is 6.17. The van der Waals surface area contributed by atoms with Gasteiger partial charge in [-0.25, -0.2) is 9.18 Å². The third kappa shape index (κ3) is 2.67. The number of nitrogens with one attached hydrogen (secondary N) is 3. The number of aromatic amines is 2. The average Bonchev–Trinajstić information content (AvgIpc) is 3.10. The SMILES string of the molecule is Cc1[nH]c2ccc(F)cc2c1C(=O)NCCn1c(=O)[nH]c2ccccc21. The molecule has 6 nitrogen and oxygen atoms in total. The van der Waals surface area contributed by atoms with Crippen LogP contribution in [-0.4, -0.2) is 27.0 Å². The number of imidazole rings is 1. The van der Waals surface area contributed by atoms with Crippen molar-refractivity contribution in [1.29, 1.82) is 0 Å². The Bertz CT molecular complexity index is 1190. The van der Waals surface area contributed by atoms with E-state index in [9.17, 15) is 14.0 Å². The molecule has 2 heterocycles. The van der Waals surface area contributed by atoms with Gasteiger partial charge in [0.2, 0.25) is 0 Å². The summed E-state index contributed by atoms with van der Waals surface area (Å²) < 4.78 is 15.1. The first kappa shape index (κ1) is 16.1. The van der Waals surface area contributed by atoms with Gasteiger partial charge in [0.1, 0.15) is 5.82 Å². The number of nitrogens with zero attached hydrogens (tertiary/aromatic N) is 1. The fourth-order valence-corrected chi connectivity index (χ4v) is 3.29. The Balaban J connectivity index is 1.54. The number of para-hydroxylation sites is 2. The van der Waals surface area contributed by atoms with Gasteiger partial charge in [0.15, 0.2) is 0 Å². The van der Waals surface area contributed by atoms with Gasteiger partial charge in [-0.15, -0.1) is 0 Å². The molecule has 0 aliphatic carbocycles. The van der Waals surface area contributed by atoms with Crippen LogP contribution >= 0.6 is 0 Å². The molecule has 4 rings (SSSR count). The molecule has 4 aromatic rings. The Hall–Kier alpha value is -3.35. The number of hydrogen-bond acceptors (Lipinski definition) is 2. The summed E-state index contributed by atoms with van der Waals surface area (Å²) in [5.74, 6) is -0.692. The van der Waals surface area contributed by atoms with E-state index in [1.807, 2.05) is 24.3 Å². The highest BCUT2D eigenvalue weighted by atomic mass is 19.1. The zero-order valence-electron chi connectivity index (χ0n) is 14.1. The molecular formula is C19H17FN4O2. The zero-order chi connectivity index (χ0) is 18.3. The van der Waals surface area contributed by atoms with Crippen molar-refractivity contribution in [3.8, 4) is 0 Å². The van der Waals surface area contributed by atoms with Crippen molar-refractivity contribution in [2.45, 2.75) is 13.5 Å². The molecule has 0 saturated carbocycles. The molecule has 0 unspecified atom stereocenters. The van der Waals surface area contributed by atoms with Crippen LogP contribution in [-0.2, 0) is 6.54 Å². The molecule has 0 spiro atoms. The highest BCUT2D eigenvalue weighted by molar-refractivity contribution is 6.08. The van der Waals surface area contributed by atoms with Gasteiger partial charge in [-0.2, -0.15) is 0 Å². The van der Waals surface area contributed by atoms with Gasteiger partial charge in [0, 0.05) is 29.7 Å². The number of H-pyrrole nitrogens is 2. The van der Waals surface area contributed by atoms with Crippen LogP contribution in [0.15, 0.2) is 47.3 Å². The number of fused-ring (bicyclic) bond motifs is 2. The molecule has 26 heavy (non-hydrogen) atoms. The summed E-state index contributed by atoms with van der Waals surface area (Å²) in [6.45, 7) is 2.39. The summed E-state index contributed by atoms with van der Waals surface area (Å²) in [6, 6.07) is 11.7. The molecule has 0 radical (unpaired) electrons. The highest BCUT2D eigenvalue weighted by Crippen LogP contribution is 2.23. The van der Waals surface area contributed by atoms with E-state index in [0.717, 1.165) is 11.0 Å². The predicted octanol–water partition coefficient (Wildman–Crippen LogP) is 2.69. The summed E-state index contributed by atoms with van der Waals surface area (Å²) in [5, 5.41) is 3.36. The van der Waals surface area contributed by atoms with Crippen LogP contribution in [0.5, 0.6) is 0 Å². The Morgan fingerprint density at radius 1 is 1.15 bits per heavy atom. The normalized spacial score (nSPS) is 11.3. The molecule has 0 aliphatic heterocycles. The lowest BCUT2D eigenvalue weighted by molar-refractivity contribution is 0.0953. The van der Waals surface area contributed by atoms with E-state index < -0.39 is 5.82 Å². The topological polar surface area (TPSA) is 82.7 Å². The van der Waals surface area contributed by atoms with Gasteiger partial charge in [-0.1, -0.05) is 12.1 Å². The minimum absolute atomic E-state index is 0.217. The predicted molar refractivity (Wildman–Crippen MR) is 97.9 cm³/mol. The molecule has 0 saturated heterocycles. The molecule has 2 aromatic carbocycles. The van der Waals surface area contributed by atoms with E-state index in [-0.39, 0.29) is 18.1 Å². The number of hydrogen-bond donors (Lipinski definition) is 3. The number of aromatic nitrogens is 3. The average molecular weight is 352 g/mol. The summed E-state index contributed by atoms with van der Waals surface area (Å²) in [5.41, 5.74) is 3.13. The van der Waals surface area contributed by atoms with Gasteiger partial charge in [0.05, 0.1) is 16.6 Å². The Kier molecular flexibility index (Phi) is 3.84. The third-order valence-electron chi connectivity index (χ3n) is 4.48. The standard InChI is InChI=1S/C19H17FN4O2/c1-11-17(13-10-12(20)6-7-14(13)22-11)18(25)21-8-9-24-16-5-3-2-4-15(16)23-19(24)26/h2-7,10,22H,8-9H2,1H3,(H,21,25)(H,23,26). The van der Waals surface area contributed by atoms with E-state index >= 15 is 0 Å². The molecule has 0 fully saturated rings. The van der Waals surface area contributed by atoms with Crippen molar-refractivity contribution in [1.82, 2.24) is 19.9 Å². The largest absolute Gasteiger partial charge is 0.358 e. The minimum atomic E-state index is -0.393. The summed E-state index contributed by atoms with van der Waals surface area (Å²) in [4.78, 5) is 30.5. The lowest BCUT2D eigenvalue weighted by atomic mass is 10.1. The van der Waals surface area contributed by atoms with Crippen molar-refractivity contribution in [3.05, 3.63) is 70.0 Å². The lowest BCUT2D eigenvalue weighted by Gasteiger charge is -2.07. The molecule has 2 aromatic heterocycles. The quantitative estimate of drug-likeness (QED) is 0.528. The third-order valence-corrected chi connectivity index (χ3v) is 4.48. The summed E-state index contributed by atoms with van der Waals surface area (Å²) in [7, 11) is 0. The molecule has 0 aliphatic rings. The zero-order valence-corrected chi connectivity index (χ0v) is 14.1. The maximum Gasteiger partial charge on any atom is 0.326 e. The van der Waals surface area contributed by atoms with Crippen LogP contribution in [0.3, 0.4) is 0 Å². The number of carbonyl (C=O) groups is 1. The van der Waals surface area contributed by atoms with Crippen LogP contribution in [0.1, 0.15) is 16.1 Å². The van der Waals surface area contributed by atoms with Gasteiger partial charge in [-0.05, 0) is 37.3 Å². The van der Waals surface area contributed by atoms with Gasteiger partial charge in [0.25, 0.3) is 5.91 Å². The molecular weight excluding hydrogens is 335 g/mol. The second kappa shape index (κ2) is 6.18. The van der Waals surface area contributed by atoms with Crippen molar-refractivity contribution in [2.24, 2.45) is 0 Å². The second-order valence-corrected chi connectivity index (χ2v) is 6.17. The van der Waals surface area contributed by atoms with Crippen LogP contribution in [0.2, 0.25) is 0 Å².